The summed E-state index contributed by atoms with van der Waals surface area (Å²) in [6.07, 6.45) is 4.29. The van der Waals surface area contributed by atoms with E-state index < -0.39 is 10.0 Å². The average Bonchev–Trinajstić information content (AvgIpc) is 3.04. The number of fused-ring (bicyclic) bond motifs is 1. The third-order valence-electron chi connectivity index (χ3n) is 4.56. The fourth-order valence-electron chi connectivity index (χ4n) is 3.51. The molecule has 0 saturated carbocycles. The van der Waals surface area contributed by atoms with Crippen molar-refractivity contribution >= 4 is 21.4 Å². The molecule has 3 rings (SSSR count). The molecule has 21 heavy (non-hydrogen) atoms. The van der Waals surface area contributed by atoms with Gasteiger partial charge in [0.05, 0.1) is 4.90 Å². The zero-order chi connectivity index (χ0) is 15.0. The summed E-state index contributed by atoms with van der Waals surface area (Å²) >= 11 is 1.47. The van der Waals surface area contributed by atoms with Crippen LogP contribution in [0.25, 0.3) is 0 Å². The van der Waals surface area contributed by atoms with Crippen LogP contribution in [0.15, 0.2) is 11.0 Å². The highest BCUT2D eigenvalue weighted by Gasteiger charge is 2.34. The van der Waals surface area contributed by atoms with Crippen LogP contribution < -0.4 is 10.5 Å². The van der Waals surface area contributed by atoms with Gasteiger partial charge in [0, 0.05) is 28.4 Å². The van der Waals surface area contributed by atoms with E-state index in [2.05, 4.69) is 9.62 Å². The van der Waals surface area contributed by atoms with Crippen molar-refractivity contribution in [1.29, 1.82) is 0 Å². The van der Waals surface area contributed by atoms with Crippen LogP contribution in [-0.2, 0) is 16.6 Å². The molecule has 0 radical (unpaired) electrons. The van der Waals surface area contributed by atoms with E-state index in [0.29, 0.717) is 17.5 Å². The lowest BCUT2D eigenvalue weighted by Gasteiger charge is -2.34. The molecule has 2 saturated heterocycles. The fraction of sp³-hybridized carbons (Fsp3) is 0.714. The molecule has 3 N–H and O–H groups in total. The normalized spacial score (nSPS) is 27.0. The largest absolute Gasteiger partial charge is 0.326 e. The first kappa shape index (κ1) is 15.4. The highest BCUT2D eigenvalue weighted by Crippen LogP contribution is 2.29. The van der Waals surface area contributed by atoms with Crippen LogP contribution in [0.4, 0.5) is 0 Å². The number of nitrogens with two attached hydrogens (primary N) is 1. The molecule has 0 spiro atoms. The van der Waals surface area contributed by atoms with Gasteiger partial charge in [-0.3, -0.25) is 0 Å². The Balaban J connectivity index is 1.72. The number of nitrogens with zero attached hydrogens (tertiary/aromatic N) is 1. The minimum absolute atomic E-state index is 0.0648. The van der Waals surface area contributed by atoms with E-state index in [-0.39, 0.29) is 6.04 Å². The summed E-state index contributed by atoms with van der Waals surface area (Å²) in [5, 5.41) is 0. The minimum atomic E-state index is -3.42. The third kappa shape index (κ3) is 3.17. The topological polar surface area (TPSA) is 75.4 Å². The molecule has 2 atom stereocenters. The molecule has 7 heteroatoms. The number of nitrogens with one attached hydrogen (secondary N) is 1. The lowest BCUT2D eigenvalue weighted by atomic mass is 9.99. The molecule has 2 unspecified atom stereocenters. The molecule has 1 aromatic heterocycles. The predicted octanol–water partition coefficient (Wildman–Crippen LogP) is 1.42. The summed E-state index contributed by atoms with van der Waals surface area (Å²) in [5.74, 6) is 0. The van der Waals surface area contributed by atoms with Crippen LogP contribution in [0, 0.1) is 6.92 Å². The molecule has 2 aliphatic heterocycles. The second-order valence-electron chi connectivity index (χ2n) is 6.01. The van der Waals surface area contributed by atoms with Gasteiger partial charge in [0.15, 0.2) is 0 Å². The lowest BCUT2D eigenvalue weighted by molar-refractivity contribution is 0.176. The van der Waals surface area contributed by atoms with Crippen molar-refractivity contribution in [2.45, 2.75) is 56.1 Å². The van der Waals surface area contributed by atoms with Gasteiger partial charge in [0.1, 0.15) is 0 Å². The first-order valence-corrected chi connectivity index (χ1v) is 9.85. The van der Waals surface area contributed by atoms with Gasteiger partial charge in [0.25, 0.3) is 0 Å². The van der Waals surface area contributed by atoms with Crippen LogP contribution >= 0.6 is 11.3 Å². The summed E-state index contributed by atoms with van der Waals surface area (Å²) in [4.78, 5) is 4.63. The zero-order valence-electron chi connectivity index (χ0n) is 12.3. The van der Waals surface area contributed by atoms with Crippen molar-refractivity contribution in [1.82, 2.24) is 9.62 Å². The first-order valence-electron chi connectivity index (χ1n) is 7.55. The molecular formula is C14H23N3O2S2. The second-order valence-corrected chi connectivity index (χ2v) is 9.04. The Labute approximate surface area is 130 Å². The number of hydrogen-bond donors (Lipinski definition) is 2. The van der Waals surface area contributed by atoms with Crippen LogP contribution in [0.1, 0.15) is 35.4 Å². The van der Waals surface area contributed by atoms with Crippen LogP contribution in [0.2, 0.25) is 0 Å². The number of piperidine rings is 1. The molecule has 0 amide bonds. The highest BCUT2D eigenvalue weighted by molar-refractivity contribution is 7.89. The van der Waals surface area contributed by atoms with Crippen molar-refractivity contribution in [3.8, 4) is 0 Å². The van der Waals surface area contributed by atoms with E-state index in [4.69, 9.17) is 5.73 Å². The van der Waals surface area contributed by atoms with Gasteiger partial charge in [0.2, 0.25) is 10.0 Å². The molecular weight excluding hydrogens is 306 g/mol. The van der Waals surface area contributed by atoms with E-state index in [1.807, 2.05) is 6.92 Å². The van der Waals surface area contributed by atoms with E-state index >= 15 is 0 Å². The Bertz CT molecular complexity index is 612. The van der Waals surface area contributed by atoms with E-state index in [9.17, 15) is 8.42 Å². The Morgan fingerprint density at radius 2 is 2.24 bits per heavy atom. The third-order valence-corrected chi connectivity index (χ3v) is 7.40. The van der Waals surface area contributed by atoms with Crippen molar-refractivity contribution in [2.75, 3.05) is 13.1 Å². The number of thiophene rings is 1. The van der Waals surface area contributed by atoms with Gasteiger partial charge < -0.3 is 10.6 Å². The van der Waals surface area contributed by atoms with Crippen molar-refractivity contribution < 1.29 is 8.42 Å². The maximum absolute atomic E-state index is 12.6. The Kier molecular flexibility index (Phi) is 4.38. The summed E-state index contributed by atoms with van der Waals surface area (Å²) in [7, 11) is -3.42. The molecule has 0 bridgehead atoms. The average molecular weight is 329 g/mol. The van der Waals surface area contributed by atoms with Crippen molar-refractivity contribution in [3.05, 3.63) is 15.8 Å². The summed E-state index contributed by atoms with van der Waals surface area (Å²) in [6.45, 7) is 4.42. The van der Waals surface area contributed by atoms with Crippen LogP contribution in [-0.4, -0.2) is 38.5 Å². The minimum Gasteiger partial charge on any atom is -0.326 e. The molecule has 0 aliphatic carbocycles. The van der Waals surface area contributed by atoms with Crippen molar-refractivity contribution in [2.24, 2.45) is 5.73 Å². The van der Waals surface area contributed by atoms with E-state index in [1.165, 1.54) is 30.7 Å². The molecule has 118 valence electrons. The van der Waals surface area contributed by atoms with Crippen LogP contribution in [0.3, 0.4) is 0 Å². The molecule has 2 aliphatic rings. The van der Waals surface area contributed by atoms with E-state index in [1.54, 1.807) is 6.07 Å². The van der Waals surface area contributed by atoms with E-state index in [0.717, 1.165) is 29.1 Å². The van der Waals surface area contributed by atoms with Gasteiger partial charge in [-0.05, 0) is 51.8 Å². The SMILES string of the molecule is Cc1sc(CN)cc1S(=O)(=O)NC1CCN2CCCC2C1. The molecule has 5 nitrogen and oxygen atoms in total. The number of sulfonamides is 1. The Hall–Kier alpha value is -0.470. The standard InChI is InChI=1S/C14H23N3O2S2/c1-10-14(8-13(9-15)20-10)21(18,19)16-11-4-6-17-5-2-3-12(17)7-11/h8,11-12,16H,2-7,9,15H2,1H3. The van der Waals surface area contributed by atoms with Crippen molar-refractivity contribution in [3.63, 3.8) is 0 Å². The summed E-state index contributed by atoms with van der Waals surface area (Å²) in [6, 6.07) is 2.34. The van der Waals surface area contributed by atoms with Gasteiger partial charge in [-0.25, -0.2) is 13.1 Å². The van der Waals surface area contributed by atoms with Gasteiger partial charge in [-0.15, -0.1) is 11.3 Å². The molecule has 2 fully saturated rings. The molecule has 0 aromatic carbocycles. The quantitative estimate of drug-likeness (QED) is 0.876. The Morgan fingerprint density at radius 1 is 1.43 bits per heavy atom. The predicted molar refractivity (Wildman–Crippen MR) is 84.9 cm³/mol. The molecule has 1 aromatic rings. The maximum Gasteiger partial charge on any atom is 0.241 e. The number of aryl methyl sites for hydroxylation is 1. The lowest BCUT2D eigenvalue weighted by Crippen LogP contribution is -2.47. The zero-order valence-corrected chi connectivity index (χ0v) is 14.0. The van der Waals surface area contributed by atoms with Gasteiger partial charge in [-0.2, -0.15) is 0 Å². The number of hydrogen-bond acceptors (Lipinski definition) is 5. The van der Waals surface area contributed by atoms with Gasteiger partial charge in [-0.1, -0.05) is 0 Å². The first-order chi connectivity index (χ1) is 9.99. The fourth-order valence-corrected chi connectivity index (χ4v) is 6.30. The summed E-state index contributed by atoms with van der Waals surface area (Å²) in [5.41, 5.74) is 5.61. The maximum atomic E-state index is 12.6. The van der Waals surface area contributed by atoms with Gasteiger partial charge >= 0.3 is 0 Å². The monoisotopic (exact) mass is 329 g/mol. The highest BCUT2D eigenvalue weighted by atomic mass is 32.2. The molecule has 3 heterocycles. The Morgan fingerprint density at radius 3 is 2.95 bits per heavy atom. The second kappa shape index (κ2) is 5.96. The number of rotatable bonds is 4. The smallest absolute Gasteiger partial charge is 0.241 e. The van der Waals surface area contributed by atoms with Crippen LogP contribution in [0.5, 0.6) is 0 Å². The summed E-state index contributed by atoms with van der Waals surface area (Å²) < 4.78 is 28.1.